The van der Waals surface area contributed by atoms with E-state index in [1.54, 1.807) is 56.2 Å². The number of methoxy groups -OCH3 is 2. The average molecular weight is 521 g/mol. The maximum Gasteiger partial charge on any atom is 0.275 e. The Morgan fingerprint density at radius 2 is 1.70 bits per heavy atom. The fourth-order valence-electron chi connectivity index (χ4n) is 4.46. The van der Waals surface area contributed by atoms with Gasteiger partial charge in [-0.2, -0.15) is 0 Å². The summed E-state index contributed by atoms with van der Waals surface area (Å²) in [5.41, 5.74) is 4.65. The SMILES string of the molecule is COc1ccc(C=CC(=O)Nc2c(-c3ccccc3Cl)c3cc(C)cc(C)c3n(C)c2=O)cc1OC.O. The van der Waals surface area contributed by atoms with Crippen molar-refractivity contribution in [3.63, 3.8) is 0 Å². The average Bonchev–Trinajstić information content (AvgIpc) is 2.86. The highest BCUT2D eigenvalue weighted by atomic mass is 35.5. The third kappa shape index (κ3) is 5.38. The smallest absolute Gasteiger partial charge is 0.275 e. The molecule has 8 heteroatoms. The van der Waals surface area contributed by atoms with Crippen molar-refractivity contribution in [3.05, 3.63) is 92.7 Å². The Bertz CT molecular complexity index is 1570. The number of anilines is 1. The Balaban J connectivity index is 0.00000380. The molecule has 0 aliphatic rings. The zero-order valence-electron chi connectivity index (χ0n) is 21.3. The molecule has 0 fully saturated rings. The number of nitrogens with one attached hydrogen (secondary N) is 1. The van der Waals surface area contributed by atoms with Gasteiger partial charge in [-0.05, 0) is 55.3 Å². The van der Waals surface area contributed by atoms with Gasteiger partial charge in [0.2, 0.25) is 5.91 Å². The van der Waals surface area contributed by atoms with Crippen molar-refractivity contribution in [1.82, 2.24) is 4.57 Å². The minimum absolute atomic E-state index is 0. The Morgan fingerprint density at radius 1 is 1.00 bits per heavy atom. The number of nitrogens with zero attached hydrogens (tertiary/aromatic N) is 1. The molecule has 0 atom stereocenters. The van der Waals surface area contributed by atoms with E-state index in [0.29, 0.717) is 27.6 Å². The minimum atomic E-state index is -0.445. The molecule has 1 heterocycles. The second-order valence-corrected chi connectivity index (χ2v) is 8.92. The highest BCUT2D eigenvalue weighted by Gasteiger charge is 2.21. The molecule has 0 unspecified atom stereocenters. The van der Waals surface area contributed by atoms with Gasteiger partial charge in [0.05, 0.1) is 19.7 Å². The molecular weight excluding hydrogens is 492 g/mol. The molecule has 0 radical (unpaired) electrons. The number of fused-ring (bicyclic) bond motifs is 1. The number of aromatic nitrogens is 1. The van der Waals surface area contributed by atoms with E-state index in [1.807, 2.05) is 44.2 Å². The number of amides is 1. The topological polar surface area (TPSA) is 101 Å². The van der Waals surface area contributed by atoms with Crippen LogP contribution in [0.2, 0.25) is 5.02 Å². The van der Waals surface area contributed by atoms with Crippen LogP contribution in [-0.4, -0.2) is 30.2 Å². The van der Waals surface area contributed by atoms with Crippen LogP contribution < -0.4 is 20.3 Å². The fourth-order valence-corrected chi connectivity index (χ4v) is 4.69. The van der Waals surface area contributed by atoms with Crippen molar-refractivity contribution < 1.29 is 19.7 Å². The van der Waals surface area contributed by atoms with Gasteiger partial charge in [-0.3, -0.25) is 9.59 Å². The van der Waals surface area contributed by atoms with E-state index < -0.39 is 5.91 Å². The molecule has 192 valence electrons. The number of rotatable bonds is 6. The summed E-state index contributed by atoms with van der Waals surface area (Å²) < 4.78 is 12.2. The lowest BCUT2D eigenvalue weighted by molar-refractivity contribution is -0.111. The summed E-state index contributed by atoms with van der Waals surface area (Å²) in [7, 11) is 4.82. The molecule has 4 aromatic rings. The summed E-state index contributed by atoms with van der Waals surface area (Å²) >= 11 is 6.58. The lowest BCUT2D eigenvalue weighted by atomic mass is 9.95. The predicted octanol–water partition coefficient (Wildman–Crippen LogP) is 5.32. The van der Waals surface area contributed by atoms with E-state index in [2.05, 4.69) is 5.32 Å². The Hall–Kier alpha value is -4.07. The first-order chi connectivity index (χ1) is 17.2. The van der Waals surface area contributed by atoms with Crippen LogP contribution in [0.4, 0.5) is 5.69 Å². The van der Waals surface area contributed by atoms with E-state index >= 15 is 0 Å². The van der Waals surface area contributed by atoms with Crippen molar-refractivity contribution in [2.75, 3.05) is 19.5 Å². The van der Waals surface area contributed by atoms with Gasteiger partial charge in [0.25, 0.3) is 5.56 Å². The molecule has 1 aromatic heterocycles. The van der Waals surface area contributed by atoms with E-state index in [-0.39, 0.29) is 16.7 Å². The normalized spacial score (nSPS) is 10.9. The first kappa shape index (κ1) is 27.5. The first-order valence-corrected chi connectivity index (χ1v) is 11.7. The van der Waals surface area contributed by atoms with Crippen LogP contribution in [0.5, 0.6) is 11.5 Å². The summed E-state index contributed by atoms with van der Waals surface area (Å²) in [5.74, 6) is 0.697. The summed E-state index contributed by atoms with van der Waals surface area (Å²) in [6.07, 6.45) is 3.02. The van der Waals surface area contributed by atoms with Crippen LogP contribution >= 0.6 is 11.6 Å². The van der Waals surface area contributed by atoms with Crippen molar-refractivity contribution in [2.45, 2.75) is 13.8 Å². The van der Waals surface area contributed by atoms with Crippen molar-refractivity contribution in [1.29, 1.82) is 0 Å². The Morgan fingerprint density at radius 3 is 2.38 bits per heavy atom. The predicted molar refractivity (Wildman–Crippen MR) is 150 cm³/mol. The second-order valence-electron chi connectivity index (χ2n) is 8.51. The van der Waals surface area contributed by atoms with Gasteiger partial charge in [-0.15, -0.1) is 0 Å². The number of hydrogen-bond acceptors (Lipinski definition) is 4. The maximum absolute atomic E-state index is 13.5. The lowest BCUT2D eigenvalue weighted by Gasteiger charge is -2.19. The number of carbonyl (C=O) groups is 1. The Labute approximate surface area is 220 Å². The minimum Gasteiger partial charge on any atom is -0.493 e. The molecule has 0 saturated heterocycles. The lowest BCUT2D eigenvalue weighted by Crippen LogP contribution is -2.25. The van der Waals surface area contributed by atoms with Crippen molar-refractivity contribution in [2.24, 2.45) is 7.05 Å². The van der Waals surface area contributed by atoms with Crippen LogP contribution in [-0.2, 0) is 11.8 Å². The molecule has 1 amide bonds. The molecule has 37 heavy (non-hydrogen) atoms. The van der Waals surface area contributed by atoms with Gasteiger partial charge in [0.1, 0.15) is 5.69 Å². The molecule has 0 saturated carbocycles. The molecule has 3 aromatic carbocycles. The zero-order chi connectivity index (χ0) is 26.0. The van der Waals surface area contributed by atoms with Crippen LogP contribution in [0.15, 0.2) is 65.5 Å². The third-order valence-corrected chi connectivity index (χ3v) is 6.37. The number of aryl methyl sites for hydroxylation is 3. The van der Waals surface area contributed by atoms with E-state index in [0.717, 1.165) is 27.6 Å². The molecule has 0 aliphatic carbocycles. The van der Waals surface area contributed by atoms with Crippen LogP contribution in [0, 0.1) is 13.8 Å². The number of hydrogen-bond donors (Lipinski definition) is 1. The van der Waals surface area contributed by atoms with Crippen molar-refractivity contribution >= 4 is 40.2 Å². The summed E-state index contributed by atoms with van der Waals surface area (Å²) in [6.45, 7) is 3.97. The van der Waals surface area contributed by atoms with E-state index in [9.17, 15) is 9.59 Å². The van der Waals surface area contributed by atoms with Gasteiger partial charge in [0, 0.05) is 34.7 Å². The van der Waals surface area contributed by atoms with E-state index in [4.69, 9.17) is 21.1 Å². The van der Waals surface area contributed by atoms with Crippen molar-refractivity contribution in [3.8, 4) is 22.6 Å². The zero-order valence-corrected chi connectivity index (χ0v) is 22.1. The number of benzene rings is 3. The van der Waals surface area contributed by atoms with Crippen LogP contribution in [0.25, 0.3) is 28.1 Å². The summed E-state index contributed by atoms with van der Waals surface area (Å²) in [4.78, 5) is 26.6. The fraction of sp³-hybridized carbons (Fsp3) is 0.172. The summed E-state index contributed by atoms with van der Waals surface area (Å²) in [6, 6.07) is 16.7. The van der Waals surface area contributed by atoms with Crippen LogP contribution in [0.1, 0.15) is 16.7 Å². The molecular formula is C29H29ClN2O5. The monoisotopic (exact) mass is 520 g/mol. The number of ether oxygens (including phenoxy) is 2. The highest BCUT2D eigenvalue weighted by molar-refractivity contribution is 6.34. The number of halogens is 1. The molecule has 0 spiro atoms. The number of pyridine rings is 1. The number of carbonyl (C=O) groups excluding carboxylic acids is 1. The highest BCUT2D eigenvalue weighted by Crippen LogP contribution is 2.38. The van der Waals surface area contributed by atoms with Gasteiger partial charge in [-0.1, -0.05) is 47.5 Å². The third-order valence-electron chi connectivity index (χ3n) is 6.04. The second kappa shape index (κ2) is 11.3. The molecule has 4 rings (SSSR count). The van der Waals surface area contributed by atoms with Gasteiger partial charge in [0.15, 0.2) is 11.5 Å². The quantitative estimate of drug-likeness (QED) is 0.348. The molecule has 0 bridgehead atoms. The summed E-state index contributed by atoms with van der Waals surface area (Å²) in [5, 5.41) is 4.15. The van der Waals surface area contributed by atoms with Gasteiger partial charge < -0.3 is 24.8 Å². The first-order valence-electron chi connectivity index (χ1n) is 11.3. The largest absolute Gasteiger partial charge is 0.493 e. The Kier molecular flexibility index (Phi) is 8.42. The standard InChI is InChI=1S/C29H27ClN2O4.H2O/c1-17-14-18(2)28-21(15-17)26(20-8-6-7-9-22(20)30)27(29(34)32(28)3)31-25(33)13-11-19-10-12-23(35-4)24(16-19)36-5;/h6-16H,1-5H3,(H,31,33);1H2. The molecule has 0 aliphatic heterocycles. The van der Waals surface area contributed by atoms with Gasteiger partial charge >= 0.3 is 0 Å². The molecule has 3 N–H and O–H groups in total. The molecule has 7 nitrogen and oxygen atoms in total. The van der Waals surface area contributed by atoms with E-state index in [1.165, 1.54) is 6.08 Å². The van der Waals surface area contributed by atoms with Gasteiger partial charge in [-0.25, -0.2) is 0 Å². The van der Waals surface area contributed by atoms with Crippen LogP contribution in [0.3, 0.4) is 0 Å². The maximum atomic E-state index is 13.5.